The van der Waals surface area contributed by atoms with Gasteiger partial charge in [-0.2, -0.15) is 0 Å². The van der Waals surface area contributed by atoms with E-state index >= 15 is 0 Å². The molecule has 6 heteroatoms. The molecular weight excluding hydrogens is 322 g/mol. The molecule has 0 saturated heterocycles. The van der Waals surface area contributed by atoms with Crippen LogP contribution in [-0.4, -0.2) is 14.5 Å². The molecule has 0 bridgehead atoms. The SMILES string of the molecule is CC1CCCC(NS(=O)(=O)c2ccc(Br)s2)C1. The standard InChI is InChI=1S/C11H16BrNO2S2/c1-8-3-2-4-9(7-8)13-17(14,15)11-6-5-10(12)16-11/h5-6,8-9,13H,2-4,7H2,1H3. The zero-order valence-corrected chi connectivity index (χ0v) is 12.9. The second-order valence-corrected chi connectivity index (χ2v) is 9.05. The molecule has 1 aromatic heterocycles. The molecule has 0 amide bonds. The molecule has 1 aliphatic rings. The van der Waals surface area contributed by atoms with Crippen LogP contribution in [0.5, 0.6) is 0 Å². The van der Waals surface area contributed by atoms with Crippen molar-refractivity contribution in [3.8, 4) is 0 Å². The second kappa shape index (κ2) is 5.38. The van der Waals surface area contributed by atoms with Crippen molar-refractivity contribution in [1.29, 1.82) is 0 Å². The highest BCUT2D eigenvalue weighted by atomic mass is 79.9. The van der Waals surface area contributed by atoms with Gasteiger partial charge in [0.2, 0.25) is 10.0 Å². The Bertz CT molecular complexity index is 483. The number of nitrogens with one attached hydrogen (secondary N) is 1. The molecule has 96 valence electrons. The fourth-order valence-corrected chi connectivity index (χ4v) is 5.57. The molecule has 1 aliphatic carbocycles. The first-order valence-corrected chi connectivity index (χ1v) is 8.84. The first-order chi connectivity index (χ1) is 7.97. The Morgan fingerprint density at radius 1 is 1.41 bits per heavy atom. The van der Waals surface area contributed by atoms with Crippen molar-refractivity contribution < 1.29 is 8.42 Å². The monoisotopic (exact) mass is 337 g/mol. The lowest BCUT2D eigenvalue weighted by atomic mass is 9.88. The molecule has 3 nitrogen and oxygen atoms in total. The number of thiophene rings is 1. The third-order valence-electron chi connectivity index (χ3n) is 3.07. The predicted molar refractivity (Wildman–Crippen MR) is 73.8 cm³/mol. The van der Waals surface area contributed by atoms with Crippen molar-refractivity contribution in [2.75, 3.05) is 0 Å². The first-order valence-electron chi connectivity index (χ1n) is 5.75. The van der Waals surface area contributed by atoms with Gasteiger partial charge in [-0.15, -0.1) is 11.3 Å². The van der Waals surface area contributed by atoms with E-state index in [0.29, 0.717) is 10.1 Å². The number of sulfonamides is 1. The molecular formula is C11H16BrNO2S2. The van der Waals surface area contributed by atoms with Crippen LogP contribution in [0.15, 0.2) is 20.1 Å². The van der Waals surface area contributed by atoms with Crippen molar-refractivity contribution in [3.63, 3.8) is 0 Å². The summed E-state index contributed by atoms with van der Waals surface area (Å²) in [6.45, 7) is 2.18. The third kappa shape index (κ3) is 3.53. The number of hydrogen-bond acceptors (Lipinski definition) is 3. The minimum Gasteiger partial charge on any atom is -0.207 e. The van der Waals surface area contributed by atoms with Gasteiger partial charge in [-0.25, -0.2) is 13.1 Å². The van der Waals surface area contributed by atoms with Gasteiger partial charge in [0.15, 0.2) is 0 Å². The van der Waals surface area contributed by atoms with E-state index in [2.05, 4.69) is 27.6 Å². The highest BCUT2D eigenvalue weighted by Crippen LogP contribution is 2.28. The zero-order valence-electron chi connectivity index (χ0n) is 9.65. The largest absolute Gasteiger partial charge is 0.250 e. The van der Waals surface area contributed by atoms with Gasteiger partial charge in [-0.05, 0) is 46.8 Å². The van der Waals surface area contributed by atoms with E-state index in [9.17, 15) is 8.42 Å². The summed E-state index contributed by atoms with van der Waals surface area (Å²) in [5, 5.41) is 0. The number of hydrogen-bond donors (Lipinski definition) is 1. The lowest BCUT2D eigenvalue weighted by Crippen LogP contribution is -2.37. The fourth-order valence-electron chi connectivity index (χ4n) is 2.26. The van der Waals surface area contributed by atoms with E-state index in [1.54, 1.807) is 12.1 Å². The Kier molecular flexibility index (Phi) is 4.28. The third-order valence-corrected chi connectivity index (χ3v) is 6.71. The topological polar surface area (TPSA) is 46.2 Å². The van der Waals surface area contributed by atoms with Crippen LogP contribution in [-0.2, 0) is 10.0 Å². The molecule has 2 unspecified atom stereocenters. The summed E-state index contributed by atoms with van der Waals surface area (Å²) in [4.78, 5) is 0. The quantitative estimate of drug-likeness (QED) is 0.918. The van der Waals surface area contributed by atoms with Crippen molar-refractivity contribution in [3.05, 3.63) is 15.9 Å². The van der Waals surface area contributed by atoms with Crippen LogP contribution in [0.3, 0.4) is 0 Å². The van der Waals surface area contributed by atoms with Crippen LogP contribution < -0.4 is 4.72 Å². The van der Waals surface area contributed by atoms with Gasteiger partial charge in [0.25, 0.3) is 0 Å². The van der Waals surface area contributed by atoms with Crippen molar-refractivity contribution in [2.24, 2.45) is 5.92 Å². The Labute approximate surface area is 115 Å². The summed E-state index contributed by atoms with van der Waals surface area (Å²) in [5.74, 6) is 0.617. The molecule has 1 fully saturated rings. The lowest BCUT2D eigenvalue weighted by molar-refractivity contribution is 0.327. The van der Waals surface area contributed by atoms with Gasteiger partial charge in [-0.3, -0.25) is 0 Å². The number of halogens is 1. The molecule has 1 saturated carbocycles. The maximum Gasteiger partial charge on any atom is 0.250 e. The summed E-state index contributed by atoms with van der Waals surface area (Å²) >= 11 is 4.54. The van der Waals surface area contributed by atoms with Gasteiger partial charge >= 0.3 is 0 Å². The lowest BCUT2D eigenvalue weighted by Gasteiger charge is -2.26. The minimum absolute atomic E-state index is 0.102. The highest BCUT2D eigenvalue weighted by Gasteiger charge is 2.25. The Morgan fingerprint density at radius 3 is 2.76 bits per heavy atom. The summed E-state index contributed by atoms with van der Waals surface area (Å²) in [6, 6.07) is 3.51. The molecule has 2 rings (SSSR count). The maximum atomic E-state index is 12.1. The van der Waals surface area contributed by atoms with E-state index in [4.69, 9.17) is 0 Å². The van der Waals surface area contributed by atoms with E-state index in [1.165, 1.54) is 17.8 Å². The Morgan fingerprint density at radius 2 is 2.18 bits per heavy atom. The smallest absolute Gasteiger partial charge is 0.207 e. The van der Waals surface area contributed by atoms with Gasteiger partial charge in [0.1, 0.15) is 4.21 Å². The van der Waals surface area contributed by atoms with Gasteiger partial charge in [0, 0.05) is 6.04 Å². The van der Waals surface area contributed by atoms with Crippen LogP contribution in [0.1, 0.15) is 32.6 Å². The van der Waals surface area contributed by atoms with E-state index in [-0.39, 0.29) is 6.04 Å². The molecule has 1 N–H and O–H groups in total. The summed E-state index contributed by atoms with van der Waals surface area (Å²) in [5.41, 5.74) is 0. The molecule has 2 atom stereocenters. The van der Waals surface area contributed by atoms with E-state index in [1.807, 2.05) is 0 Å². The molecule has 0 aromatic carbocycles. The Hall–Kier alpha value is 0.0900. The van der Waals surface area contributed by atoms with Crippen molar-refractivity contribution >= 4 is 37.3 Å². The van der Waals surface area contributed by atoms with Crippen LogP contribution in [0.25, 0.3) is 0 Å². The first kappa shape index (κ1) is 13.5. The van der Waals surface area contributed by atoms with E-state index < -0.39 is 10.0 Å². The minimum atomic E-state index is -3.32. The second-order valence-electron chi connectivity index (χ2n) is 4.65. The molecule has 17 heavy (non-hydrogen) atoms. The van der Waals surface area contributed by atoms with Gasteiger partial charge < -0.3 is 0 Å². The van der Waals surface area contributed by atoms with Crippen molar-refractivity contribution in [2.45, 2.75) is 42.9 Å². The number of rotatable bonds is 3. The van der Waals surface area contributed by atoms with E-state index in [0.717, 1.165) is 23.0 Å². The van der Waals surface area contributed by atoms with Crippen LogP contribution in [0.4, 0.5) is 0 Å². The summed E-state index contributed by atoms with van der Waals surface area (Å²) < 4.78 is 28.2. The highest BCUT2D eigenvalue weighted by molar-refractivity contribution is 9.11. The van der Waals surface area contributed by atoms with Crippen LogP contribution >= 0.6 is 27.3 Å². The fraction of sp³-hybridized carbons (Fsp3) is 0.636. The van der Waals surface area contributed by atoms with Crippen LogP contribution in [0, 0.1) is 5.92 Å². The molecule has 1 aromatic rings. The summed E-state index contributed by atoms with van der Waals surface area (Å²) in [6.07, 6.45) is 4.23. The average molecular weight is 338 g/mol. The van der Waals surface area contributed by atoms with Crippen molar-refractivity contribution in [1.82, 2.24) is 4.72 Å². The molecule has 0 spiro atoms. The predicted octanol–water partition coefficient (Wildman–Crippen LogP) is 3.37. The zero-order chi connectivity index (χ0) is 12.5. The normalized spacial score (nSPS) is 26.0. The molecule has 0 radical (unpaired) electrons. The average Bonchev–Trinajstić information content (AvgIpc) is 2.65. The van der Waals surface area contributed by atoms with Gasteiger partial charge in [-0.1, -0.05) is 19.8 Å². The van der Waals surface area contributed by atoms with Crippen LogP contribution in [0.2, 0.25) is 0 Å². The molecule has 1 heterocycles. The van der Waals surface area contributed by atoms with Gasteiger partial charge in [0.05, 0.1) is 3.79 Å². The Balaban J connectivity index is 2.07. The summed E-state index contributed by atoms with van der Waals surface area (Å²) in [7, 11) is -3.32. The maximum absolute atomic E-state index is 12.1. The molecule has 0 aliphatic heterocycles.